The molecular formula is C16H26N2O. The Hall–Kier alpha value is -1.06. The van der Waals surface area contributed by atoms with Gasteiger partial charge in [-0.3, -0.25) is 4.90 Å². The van der Waals surface area contributed by atoms with Gasteiger partial charge in [0.05, 0.1) is 7.11 Å². The van der Waals surface area contributed by atoms with Crippen molar-refractivity contribution in [3.8, 4) is 5.75 Å². The van der Waals surface area contributed by atoms with Crippen LogP contribution in [0.2, 0.25) is 0 Å². The highest BCUT2D eigenvalue weighted by Gasteiger charge is 2.21. The second-order valence-electron chi connectivity index (χ2n) is 5.38. The predicted molar refractivity (Wildman–Crippen MR) is 79.5 cm³/mol. The van der Waals surface area contributed by atoms with Gasteiger partial charge in [-0.05, 0) is 56.1 Å². The van der Waals surface area contributed by atoms with Crippen LogP contribution in [0, 0.1) is 5.92 Å². The van der Waals surface area contributed by atoms with Gasteiger partial charge in [0.2, 0.25) is 0 Å². The van der Waals surface area contributed by atoms with Crippen molar-refractivity contribution in [2.75, 3.05) is 33.3 Å². The van der Waals surface area contributed by atoms with Crippen LogP contribution < -0.4 is 10.1 Å². The zero-order valence-corrected chi connectivity index (χ0v) is 12.2. The summed E-state index contributed by atoms with van der Waals surface area (Å²) in [5, 5.41) is 3.42. The monoisotopic (exact) mass is 262 g/mol. The summed E-state index contributed by atoms with van der Waals surface area (Å²) in [6, 6.07) is 8.44. The topological polar surface area (TPSA) is 24.5 Å². The molecule has 0 amide bonds. The predicted octanol–water partition coefficient (Wildman–Crippen LogP) is 2.52. The second kappa shape index (κ2) is 7.51. The summed E-state index contributed by atoms with van der Waals surface area (Å²) >= 11 is 0. The molecule has 1 N–H and O–H groups in total. The molecule has 106 valence electrons. The lowest BCUT2D eigenvalue weighted by Gasteiger charge is -2.16. The molecule has 1 aliphatic rings. The van der Waals surface area contributed by atoms with Gasteiger partial charge in [0, 0.05) is 13.1 Å². The summed E-state index contributed by atoms with van der Waals surface area (Å²) in [6.07, 6.45) is 2.66. The molecule has 3 nitrogen and oxygen atoms in total. The van der Waals surface area contributed by atoms with Crippen LogP contribution in [0.4, 0.5) is 0 Å². The standard InChI is InChI=1S/C16H26N2O/c1-3-17-10-8-15-9-11-18(13-15)12-14-4-6-16(19-2)7-5-14/h4-7,15,17H,3,8-13H2,1-2H3. The fourth-order valence-corrected chi connectivity index (χ4v) is 2.76. The number of methoxy groups -OCH3 is 1. The third kappa shape index (κ3) is 4.51. The SMILES string of the molecule is CCNCCC1CCN(Cc2ccc(OC)cc2)C1. The van der Waals surface area contributed by atoms with Crippen molar-refractivity contribution in [3.05, 3.63) is 29.8 Å². The summed E-state index contributed by atoms with van der Waals surface area (Å²) < 4.78 is 5.19. The van der Waals surface area contributed by atoms with Gasteiger partial charge in [-0.15, -0.1) is 0 Å². The average Bonchev–Trinajstić information content (AvgIpc) is 2.88. The molecule has 0 radical (unpaired) electrons. The highest BCUT2D eigenvalue weighted by Crippen LogP contribution is 2.21. The first-order valence-corrected chi connectivity index (χ1v) is 7.37. The summed E-state index contributed by atoms with van der Waals surface area (Å²) in [4.78, 5) is 2.57. The molecule has 1 aliphatic heterocycles. The zero-order chi connectivity index (χ0) is 13.5. The fourth-order valence-electron chi connectivity index (χ4n) is 2.76. The van der Waals surface area contributed by atoms with Crippen molar-refractivity contribution in [3.63, 3.8) is 0 Å². The van der Waals surface area contributed by atoms with Gasteiger partial charge in [0.1, 0.15) is 5.75 Å². The Morgan fingerprint density at radius 2 is 2.11 bits per heavy atom. The minimum absolute atomic E-state index is 0.872. The highest BCUT2D eigenvalue weighted by atomic mass is 16.5. The van der Waals surface area contributed by atoms with Crippen molar-refractivity contribution < 1.29 is 4.74 Å². The molecular weight excluding hydrogens is 236 g/mol. The maximum Gasteiger partial charge on any atom is 0.118 e. The lowest BCUT2D eigenvalue weighted by atomic mass is 10.1. The summed E-state index contributed by atoms with van der Waals surface area (Å²) in [6.45, 7) is 7.98. The number of nitrogens with one attached hydrogen (secondary N) is 1. The van der Waals surface area contributed by atoms with E-state index in [0.29, 0.717) is 0 Å². The molecule has 0 spiro atoms. The lowest BCUT2D eigenvalue weighted by molar-refractivity contribution is 0.312. The van der Waals surface area contributed by atoms with Gasteiger partial charge in [0.15, 0.2) is 0 Å². The normalized spacial score (nSPS) is 19.8. The second-order valence-corrected chi connectivity index (χ2v) is 5.38. The molecule has 2 rings (SSSR count). The summed E-state index contributed by atoms with van der Waals surface area (Å²) in [5.41, 5.74) is 1.38. The zero-order valence-electron chi connectivity index (χ0n) is 12.2. The molecule has 19 heavy (non-hydrogen) atoms. The highest BCUT2D eigenvalue weighted by molar-refractivity contribution is 5.27. The van der Waals surface area contributed by atoms with Crippen LogP contribution >= 0.6 is 0 Å². The molecule has 1 saturated heterocycles. The van der Waals surface area contributed by atoms with Gasteiger partial charge in [-0.25, -0.2) is 0 Å². The van der Waals surface area contributed by atoms with Gasteiger partial charge >= 0.3 is 0 Å². The van der Waals surface area contributed by atoms with E-state index in [4.69, 9.17) is 4.74 Å². The first-order valence-electron chi connectivity index (χ1n) is 7.37. The first kappa shape index (κ1) is 14.4. The van der Waals surface area contributed by atoms with Crippen molar-refractivity contribution in [1.29, 1.82) is 0 Å². The van der Waals surface area contributed by atoms with Crippen molar-refractivity contribution >= 4 is 0 Å². The smallest absolute Gasteiger partial charge is 0.118 e. The van der Waals surface area contributed by atoms with Crippen molar-refractivity contribution in [2.45, 2.75) is 26.3 Å². The van der Waals surface area contributed by atoms with E-state index < -0.39 is 0 Å². The maximum absolute atomic E-state index is 5.19. The molecule has 1 unspecified atom stereocenters. The number of ether oxygens (including phenoxy) is 1. The number of rotatable bonds is 7. The molecule has 0 aliphatic carbocycles. The van der Waals surface area contributed by atoms with Crippen LogP contribution in [-0.2, 0) is 6.54 Å². The average molecular weight is 262 g/mol. The molecule has 1 atom stereocenters. The van der Waals surface area contributed by atoms with E-state index in [-0.39, 0.29) is 0 Å². The maximum atomic E-state index is 5.19. The Labute approximate surface area is 116 Å². The van der Waals surface area contributed by atoms with Crippen LogP contribution in [0.5, 0.6) is 5.75 Å². The van der Waals surface area contributed by atoms with Gasteiger partial charge < -0.3 is 10.1 Å². The molecule has 1 aromatic rings. The van der Waals surface area contributed by atoms with Crippen molar-refractivity contribution in [1.82, 2.24) is 10.2 Å². The largest absolute Gasteiger partial charge is 0.497 e. The van der Waals surface area contributed by atoms with E-state index >= 15 is 0 Å². The summed E-state index contributed by atoms with van der Waals surface area (Å²) in [7, 11) is 1.71. The van der Waals surface area contributed by atoms with Crippen LogP contribution in [0.1, 0.15) is 25.3 Å². The third-order valence-corrected chi connectivity index (χ3v) is 3.91. The van der Waals surface area contributed by atoms with E-state index in [2.05, 4.69) is 29.3 Å². The summed E-state index contributed by atoms with van der Waals surface area (Å²) in [5.74, 6) is 1.81. The molecule has 1 aromatic carbocycles. The Kier molecular flexibility index (Phi) is 5.67. The van der Waals surface area contributed by atoms with Gasteiger partial charge in [-0.2, -0.15) is 0 Å². The van der Waals surface area contributed by atoms with E-state index in [1.54, 1.807) is 7.11 Å². The quantitative estimate of drug-likeness (QED) is 0.764. The third-order valence-electron chi connectivity index (χ3n) is 3.91. The van der Waals surface area contributed by atoms with Crippen LogP contribution in [0.25, 0.3) is 0 Å². The molecule has 1 heterocycles. The van der Waals surface area contributed by atoms with Crippen LogP contribution in [0.15, 0.2) is 24.3 Å². The molecule has 1 fully saturated rings. The Morgan fingerprint density at radius 3 is 2.79 bits per heavy atom. The molecule has 0 saturated carbocycles. The van der Waals surface area contributed by atoms with Gasteiger partial charge in [-0.1, -0.05) is 19.1 Å². The van der Waals surface area contributed by atoms with E-state index in [0.717, 1.165) is 31.3 Å². The first-order chi connectivity index (χ1) is 9.31. The number of hydrogen-bond donors (Lipinski definition) is 1. The number of hydrogen-bond acceptors (Lipinski definition) is 3. The minimum Gasteiger partial charge on any atom is -0.497 e. The lowest BCUT2D eigenvalue weighted by Crippen LogP contribution is -2.22. The number of benzene rings is 1. The minimum atomic E-state index is 0.872. The molecule has 0 bridgehead atoms. The van der Waals surface area contributed by atoms with E-state index in [1.165, 1.54) is 31.5 Å². The molecule has 0 aromatic heterocycles. The Balaban J connectivity index is 1.74. The Morgan fingerprint density at radius 1 is 1.32 bits per heavy atom. The van der Waals surface area contributed by atoms with Crippen LogP contribution in [-0.4, -0.2) is 38.2 Å². The van der Waals surface area contributed by atoms with E-state index in [9.17, 15) is 0 Å². The number of likely N-dealkylation sites (tertiary alicyclic amines) is 1. The molecule has 3 heteroatoms. The fraction of sp³-hybridized carbons (Fsp3) is 0.625. The van der Waals surface area contributed by atoms with Crippen molar-refractivity contribution in [2.24, 2.45) is 5.92 Å². The van der Waals surface area contributed by atoms with Crippen LogP contribution in [0.3, 0.4) is 0 Å². The Bertz CT molecular complexity index is 364. The number of nitrogens with zero attached hydrogens (tertiary/aromatic N) is 1. The van der Waals surface area contributed by atoms with E-state index in [1.807, 2.05) is 12.1 Å². The van der Waals surface area contributed by atoms with Gasteiger partial charge in [0.25, 0.3) is 0 Å².